The fourth-order valence-corrected chi connectivity index (χ4v) is 3.94. The topological polar surface area (TPSA) is 78.5 Å². The number of rotatable bonds is 6. The molecule has 1 aliphatic heterocycles. The molecule has 6 nitrogen and oxygen atoms in total. The van der Waals surface area contributed by atoms with Gasteiger partial charge in [-0.15, -0.1) is 0 Å². The monoisotopic (exact) mass is 371 g/mol. The molecule has 2 aliphatic rings. The van der Waals surface area contributed by atoms with Gasteiger partial charge in [-0.2, -0.15) is 0 Å². The number of benzene rings is 1. The summed E-state index contributed by atoms with van der Waals surface area (Å²) >= 11 is 0. The molecule has 1 aromatic carbocycles. The summed E-state index contributed by atoms with van der Waals surface area (Å²) in [6.07, 6.45) is 5.24. The average Bonchev–Trinajstić information content (AvgIpc) is 3.25. The van der Waals surface area contributed by atoms with E-state index >= 15 is 0 Å². The fraction of sp³-hybridized carbons (Fsp3) is 0.571. The van der Waals surface area contributed by atoms with Crippen molar-refractivity contribution in [3.8, 4) is 0 Å². The zero-order valence-corrected chi connectivity index (χ0v) is 16.2. The molecule has 1 atom stereocenters. The molecular formula is C21H29N3O3. The number of nitrogens with zero attached hydrogens (tertiary/aromatic N) is 1. The van der Waals surface area contributed by atoms with Gasteiger partial charge in [0.1, 0.15) is 0 Å². The number of amides is 3. The van der Waals surface area contributed by atoms with E-state index < -0.39 is 0 Å². The number of carbonyl (C=O) groups is 3. The van der Waals surface area contributed by atoms with Crippen molar-refractivity contribution in [2.75, 3.05) is 17.2 Å². The Kier molecular flexibility index (Phi) is 6.14. The van der Waals surface area contributed by atoms with Crippen LogP contribution in [0.25, 0.3) is 0 Å². The lowest BCUT2D eigenvalue weighted by molar-refractivity contribution is -0.130. The Hall–Kier alpha value is -2.37. The van der Waals surface area contributed by atoms with E-state index in [-0.39, 0.29) is 23.6 Å². The second kappa shape index (κ2) is 8.55. The minimum absolute atomic E-state index is 0.0155. The molecule has 1 unspecified atom stereocenters. The first kappa shape index (κ1) is 19.4. The van der Waals surface area contributed by atoms with E-state index in [4.69, 9.17) is 0 Å². The molecule has 1 aliphatic carbocycles. The maximum atomic E-state index is 12.5. The summed E-state index contributed by atoms with van der Waals surface area (Å²) in [4.78, 5) is 38.5. The van der Waals surface area contributed by atoms with Crippen LogP contribution in [0.3, 0.4) is 0 Å². The summed E-state index contributed by atoms with van der Waals surface area (Å²) in [7, 11) is 0. The largest absolute Gasteiger partial charge is 0.339 e. The lowest BCUT2D eigenvalue weighted by Crippen LogP contribution is -2.35. The van der Waals surface area contributed by atoms with Gasteiger partial charge in [-0.3, -0.25) is 14.4 Å². The van der Waals surface area contributed by atoms with Crippen LogP contribution in [-0.2, 0) is 14.4 Å². The molecule has 2 fully saturated rings. The van der Waals surface area contributed by atoms with E-state index in [0.29, 0.717) is 42.7 Å². The molecule has 2 N–H and O–H groups in total. The first-order valence-electron chi connectivity index (χ1n) is 9.92. The molecule has 3 amide bonds. The van der Waals surface area contributed by atoms with Crippen LogP contribution in [0.4, 0.5) is 11.4 Å². The molecular weight excluding hydrogens is 342 g/mol. The van der Waals surface area contributed by atoms with Gasteiger partial charge in [0.2, 0.25) is 17.7 Å². The number of hydrogen-bond acceptors (Lipinski definition) is 3. The molecule has 0 spiro atoms. The Bertz CT molecular complexity index is 693. The highest BCUT2D eigenvalue weighted by molar-refractivity contribution is 5.97. The molecule has 6 heteroatoms. The maximum Gasteiger partial charge on any atom is 0.229 e. The third-order valence-electron chi connectivity index (χ3n) is 5.32. The molecule has 1 aromatic rings. The summed E-state index contributed by atoms with van der Waals surface area (Å²) in [5.74, 6) is -0.00559. The second-order valence-electron chi connectivity index (χ2n) is 8.10. The molecule has 1 heterocycles. The molecule has 146 valence electrons. The van der Waals surface area contributed by atoms with Crippen molar-refractivity contribution in [1.82, 2.24) is 4.90 Å². The molecule has 1 saturated heterocycles. The number of nitrogens with one attached hydrogen (secondary N) is 2. The van der Waals surface area contributed by atoms with Crippen LogP contribution in [0.5, 0.6) is 0 Å². The Morgan fingerprint density at radius 3 is 2.26 bits per heavy atom. The predicted molar refractivity (Wildman–Crippen MR) is 105 cm³/mol. The van der Waals surface area contributed by atoms with E-state index in [2.05, 4.69) is 10.6 Å². The lowest BCUT2D eigenvalue weighted by atomic mass is 10.1. The van der Waals surface area contributed by atoms with Gasteiger partial charge in [-0.05, 0) is 43.0 Å². The van der Waals surface area contributed by atoms with Crippen LogP contribution < -0.4 is 10.6 Å². The van der Waals surface area contributed by atoms with Crippen molar-refractivity contribution in [2.45, 2.75) is 58.4 Å². The molecule has 0 radical (unpaired) electrons. The Labute approximate surface area is 160 Å². The van der Waals surface area contributed by atoms with Gasteiger partial charge >= 0.3 is 0 Å². The Balaban J connectivity index is 1.52. The average molecular weight is 371 g/mol. The van der Waals surface area contributed by atoms with E-state index in [1.54, 1.807) is 24.3 Å². The quantitative estimate of drug-likeness (QED) is 0.804. The van der Waals surface area contributed by atoms with Crippen molar-refractivity contribution < 1.29 is 14.4 Å². The zero-order chi connectivity index (χ0) is 19.4. The standard InChI is InChI=1S/C21H29N3O3/c1-14(2)11-19(25)22-16-7-9-17(10-8-16)23-21(27)15-12-20(26)24(13-15)18-5-3-4-6-18/h7-10,14-15,18H,3-6,11-13H2,1-2H3,(H,22,25)(H,23,27). The number of carbonyl (C=O) groups excluding carboxylic acids is 3. The summed E-state index contributed by atoms with van der Waals surface area (Å²) in [6.45, 7) is 4.53. The van der Waals surface area contributed by atoms with Gasteiger partial charge in [0.05, 0.1) is 5.92 Å². The molecule has 3 rings (SSSR count). The SMILES string of the molecule is CC(C)CC(=O)Nc1ccc(NC(=O)C2CC(=O)N(C3CCCC3)C2)cc1. The minimum atomic E-state index is -0.288. The smallest absolute Gasteiger partial charge is 0.229 e. The van der Waals surface area contributed by atoms with Gasteiger partial charge in [-0.1, -0.05) is 26.7 Å². The van der Waals surface area contributed by atoms with Gasteiger partial charge in [0.15, 0.2) is 0 Å². The molecule has 0 bridgehead atoms. The van der Waals surface area contributed by atoms with Gasteiger partial charge < -0.3 is 15.5 Å². The normalized spacial score (nSPS) is 20.3. The highest BCUT2D eigenvalue weighted by Gasteiger charge is 2.38. The first-order valence-corrected chi connectivity index (χ1v) is 9.92. The van der Waals surface area contributed by atoms with E-state index in [1.165, 1.54) is 12.8 Å². The number of anilines is 2. The van der Waals surface area contributed by atoms with E-state index in [9.17, 15) is 14.4 Å². The van der Waals surface area contributed by atoms with Crippen LogP contribution in [0.1, 0.15) is 52.4 Å². The third kappa shape index (κ3) is 5.08. The van der Waals surface area contributed by atoms with E-state index in [0.717, 1.165) is 12.8 Å². The van der Waals surface area contributed by atoms with Gasteiger partial charge in [0, 0.05) is 36.8 Å². The maximum absolute atomic E-state index is 12.5. The van der Waals surface area contributed by atoms with Crippen LogP contribution in [0, 0.1) is 11.8 Å². The molecule has 0 aromatic heterocycles. The third-order valence-corrected chi connectivity index (χ3v) is 5.32. The van der Waals surface area contributed by atoms with Crippen LogP contribution >= 0.6 is 0 Å². The van der Waals surface area contributed by atoms with Crippen molar-refractivity contribution in [1.29, 1.82) is 0 Å². The van der Waals surface area contributed by atoms with Crippen LogP contribution in [-0.4, -0.2) is 35.2 Å². The Morgan fingerprint density at radius 1 is 1.07 bits per heavy atom. The van der Waals surface area contributed by atoms with Gasteiger partial charge in [-0.25, -0.2) is 0 Å². The number of hydrogen-bond donors (Lipinski definition) is 2. The predicted octanol–water partition coefficient (Wildman–Crippen LogP) is 3.40. The summed E-state index contributed by atoms with van der Waals surface area (Å²) < 4.78 is 0. The van der Waals surface area contributed by atoms with E-state index in [1.807, 2.05) is 18.7 Å². The number of likely N-dealkylation sites (tertiary alicyclic amines) is 1. The van der Waals surface area contributed by atoms with Crippen molar-refractivity contribution in [3.05, 3.63) is 24.3 Å². The van der Waals surface area contributed by atoms with Crippen LogP contribution in [0.2, 0.25) is 0 Å². The van der Waals surface area contributed by atoms with Crippen molar-refractivity contribution in [2.24, 2.45) is 11.8 Å². The lowest BCUT2D eigenvalue weighted by Gasteiger charge is -2.23. The minimum Gasteiger partial charge on any atom is -0.339 e. The second-order valence-corrected chi connectivity index (χ2v) is 8.10. The highest BCUT2D eigenvalue weighted by Crippen LogP contribution is 2.30. The first-order chi connectivity index (χ1) is 12.9. The molecule has 27 heavy (non-hydrogen) atoms. The summed E-state index contributed by atoms with van der Waals surface area (Å²) in [5.41, 5.74) is 1.38. The van der Waals surface area contributed by atoms with Crippen molar-refractivity contribution >= 4 is 29.1 Å². The fourth-order valence-electron chi connectivity index (χ4n) is 3.94. The summed E-state index contributed by atoms with van der Waals surface area (Å²) in [5, 5.41) is 5.75. The molecule has 1 saturated carbocycles. The van der Waals surface area contributed by atoms with Crippen molar-refractivity contribution in [3.63, 3.8) is 0 Å². The zero-order valence-electron chi connectivity index (χ0n) is 16.2. The van der Waals surface area contributed by atoms with Gasteiger partial charge in [0.25, 0.3) is 0 Å². The van der Waals surface area contributed by atoms with Crippen LogP contribution in [0.15, 0.2) is 24.3 Å². The Morgan fingerprint density at radius 2 is 1.67 bits per heavy atom. The highest BCUT2D eigenvalue weighted by atomic mass is 16.2. The summed E-state index contributed by atoms with van der Waals surface area (Å²) in [6, 6.07) is 7.42.